The Hall–Kier alpha value is -3.42. The van der Waals surface area contributed by atoms with Gasteiger partial charge >= 0.3 is 0 Å². The fraction of sp³-hybridized carbons (Fsp3) is 0.167. The molecule has 1 amide bonds. The van der Waals surface area contributed by atoms with E-state index in [-0.39, 0.29) is 13.1 Å². The third kappa shape index (κ3) is 2.65. The first kappa shape index (κ1) is 16.1. The average molecular weight is 354 g/mol. The van der Waals surface area contributed by atoms with Crippen molar-refractivity contribution in [3.63, 3.8) is 0 Å². The minimum Gasteiger partial charge on any atom is -0.463 e. The quantitative estimate of drug-likeness (QED) is 0.608. The lowest BCUT2D eigenvalue weighted by molar-refractivity contribution is -0.122. The van der Waals surface area contributed by atoms with Crippen LogP contribution in [0.1, 0.15) is 11.4 Å². The number of aromatic nitrogens is 3. The van der Waals surface area contributed by atoms with Crippen molar-refractivity contribution < 1.29 is 13.6 Å². The number of nitrogens with one attached hydrogen (secondary N) is 1. The highest BCUT2D eigenvalue weighted by molar-refractivity contribution is 5.82. The molecule has 1 N–H and O–H groups in total. The van der Waals surface area contributed by atoms with Crippen LogP contribution in [0.2, 0.25) is 0 Å². The Labute approximate surface area is 146 Å². The maximum atomic E-state index is 13.6. The van der Waals surface area contributed by atoms with Crippen LogP contribution in [0.25, 0.3) is 16.6 Å². The molecule has 0 aliphatic heterocycles. The lowest BCUT2D eigenvalue weighted by Gasteiger charge is -2.09. The maximum absolute atomic E-state index is 13.6. The van der Waals surface area contributed by atoms with Crippen molar-refractivity contribution in [2.45, 2.75) is 20.0 Å². The van der Waals surface area contributed by atoms with Gasteiger partial charge in [-0.2, -0.15) is 5.10 Å². The predicted molar refractivity (Wildman–Crippen MR) is 92.2 cm³/mol. The summed E-state index contributed by atoms with van der Waals surface area (Å²) >= 11 is 0. The van der Waals surface area contributed by atoms with E-state index < -0.39 is 17.3 Å². The minimum absolute atomic E-state index is 0.0412. The monoisotopic (exact) mass is 354 g/mol. The third-order valence-corrected chi connectivity index (χ3v) is 4.19. The number of hydrogen-bond donors (Lipinski definition) is 1. The first-order valence-electron chi connectivity index (χ1n) is 8.01. The number of furan rings is 1. The second kappa shape index (κ2) is 6.14. The Morgan fingerprint density at radius 3 is 2.88 bits per heavy atom. The molecule has 0 saturated carbocycles. The molecule has 4 rings (SSSR count). The molecule has 0 bridgehead atoms. The Morgan fingerprint density at radius 1 is 1.27 bits per heavy atom. The molecular formula is C18H15FN4O3. The van der Waals surface area contributed by atoms with Crippen LogP contribution in [-0.2, 0) is 17.9 Å². The molecule has 0 atom stereocenters. The van der Waals surface area contributed by atoms with Gasteiger partial charge in [0.15, 0.2) is 5.58 Å². The Kier molecular flexibility index (Phi) is 3.80. The molecule has 26 heavy (non-hydrogen) atoms. The summed E-state index contributed by atoms with van der Waals surface area (Å²) in [5.74, 6) is -0.268. The zero-order chi connectivity index (χ0) is 18.3. The van der Waals surface area contributed by atoms with Crippen LogP contribution >= 0.6 is 0 Å². The number of carbonyl (C=O) groups excluding carboxylic acids is 1. The molecule has 3 aromatic heterocycles. The van der Waals surface area contributed by atoms with Crippen molar-refractivity contribution in [1.82, 2.24) is 19.5 Å². The minimum atomic E-state index is -0.429. The van der Waals surface area contributed by atoms with Crippen LogP contribution in [0.4, 0.5) is 4.39 Å². The highest BCUT2D eigenvalue weighted by Crippen LogP contribution is 2.19. The number of carbonyl (C=O) groups is 1. The molecule has 0 unspecified atom stereocenters. The molecule has 8 heteroatoms. The molecule has 3 heterocycles. The van der Waals surface area contributed by atoms with E-state index in [4.69, 9.17) is 4.42 Å². The number of fused-ring (bicyclic) bond motifs is 3. The van der Waals surface area contributed by atoms with E-state index in [1.54, 1.807) is 41.7 Å². The van der Waals surface area contributed by atoms with E-state index in [2.05, 4.69) is 10.4 Å². The van der Waals surface area contributed by atoms with Crippen LogP contribution in [0, 0.1) is 12.7 Å². The largest absolute Gasteiger partial charge is 0.463 e. The van der Waals surface area contributed by atoms with Crippen LogP contribution in [0.3, 0.4) is 0 Å². The summed E-state index contributed by atoms with van der Waals surface area (Å²) in [4.78, 5) is 24.8. The van der Waals surface area contributed by atoms with E-state index in [9.17, 15) is 14.0 Å². The van der Waals surface area contributed by atoms with Gasteiger partial charge in [0.1, 0.15) is 23.7 Å². The average Bonchev–Trinajstić information content (AvgIpc) is 3.20. The molecule has 0 aliphatic rings. The van der Waals surface area contributed by atoms with Gasteiger partial charge in [-0.3, -0.25) is 14.0 Å². The van der Waals surface area contributed by atoms with Crippen molar-refractivity contribution in [3.05, 3.63) is 70.2 Å². The molecule has 7 nitrogen and oxygen atoms in total. The van der Waals surface area contributed by atoms with Gasteiger partial charge in [0.25, 0.3) is 5.56 Å². The van der Waals surface area contributed by atoms with E-state index in [1.165, 1.54) is 12.3 Å². The van der Waals surface area contributed by atoms with Gasteiger partial charge in [-0.25, -0.2) is 9.07 Å². The number of halogens is 1. The van der Waals surface area contributed by atoms with Gasteiger partial charge in [-0.15, -0.1) is 0 Å². The molecular weight excluding hydrogens is 339 g/mol. The van der Waals surface area contributed by atoms with E-state index in [0.717, 1.165) is 10.2 Å². The smallest absolute Gasteiger partial charge is 0.291 e. The highest BCUT2D eigenvalue weighted by Gasteiger charge is 2.15. The van der Waals surface area contributed by atoms with Crippen LogP contribution in [0.15, 0.2) is 51.9 Å². The second-order valence-corrected chi connectivity index (χ2v) is 5.91. The van der Waals surface area contributed by atoms with Gasteiger partial charge in [-0.05, 0) is 13.0 Å². The summed E-state index contributed by atoms with van der Waals surface area (Å²) in [6.45, 7) is 1.53. The van der Waals surface area contributed by atoms with Gasteiger partial charge in [-0.1, -0.05) is 18.2 Å². The number of benzene rings is 1. The fourth-order valence-electron chi connectivity index (χ4n) is 2.96. The van der Waals surface area contributed by atoms with Crippen molar-refractivity contribution >= 4 is 22.5 Å². The lowest BCUT2D eigenvalue weighted by Crippen LogP contribution is -2.34. The molecule has 0 aliphatic carbocycles. The molecule has 0 fully saturated rings. The number of amides is 1. The summed E-state index contributed by atoms with van der Waals surface area (Å²) in [5.41, 5.74) is 1.68. The number of aryl methyl sites for hydroxylation is 1. The number of nitrogens with zero attached hydrogens (tertiary/aromatic N) is 3. The number of rotatable bonds is 4. The Bertz CT molecular complexity index is 1190. The van der Waals surface area contributed by atoms with Gasteiger partial charge < -0.3 is 9.73 Å². The van der Waals surface area contributed by atoms with Gasteiger partial charge in [0.05, 0.1) is 11.8 Å². The molecule has 0 saturated heterocycles. The zero-order valence-corrected chi connectivity index (χ0v) is 13.9. The number of hydrogen-bond acceptors (Lipinski definition) is 4. The van der Waals surface area contributed by atoms with Crippen molar-refractivity contribution in [2.24, 2.45) is 0 Å². The van der Waals surface area contributed by atoms with Crippen molar-refractivity contribution in [1.29, 1.82) is 0 Å². The predicted octanol–water partition coefficient (Wildman–Crippen LogP) is 2.01. The summed E-state index contributed by atoms with van der Waals surface area (Å²) < 4.78 is 21.7. The van der Waals surface area contributed by atoms with Crippen molar-refractivity contribution in [2.75, 3.05) is 0 Å². The van der Waals surface area contributed by atoms with Gasteiger partial charge in [0.2, 0.25) is 5.91 Å². The van der Waals surface area contributed by atoms with Crippen LogP contribution in [0.5, 0.6) is 0 Å². The summed E-state index contributed by atoms with van der Waals surface area (Å²) in [6, 6.07) is 9.56. The zero-order valence-electron chi connectivity index (χ0n) is 13.9. The first-order valence-corrected chi connectivity index (χ1v) is 8.01. The van der Waals surface area contributed by atoms with Crippen LogP contribution in [-0.4, -0.2) is 20.1 Å². The highest BCUT2D eigenvalue weighted by atomic mass is 19.1. The summed E-state index contributed by atoms with van der Waals surface area (Å²) in [6.07, 6.45) is 1.54. The molecule has 1 aromatic carbocycles. The van der Waals surface area contributed by atoms with E-state index in [1.807, 2.05) is 0 Å². The van der Waals surface area contributed by atoms with E-state index >= 15 is 0 Å². The maximum Gasteiger partial charge on any atom is 0.291 e. The Morgan fingerprint density at radius 2 is 2.08 bits per heavy atom. The standard InChI is InChI=1S/C18H15FN4O3/c1-11-21-22(10-17(24)20-9-12-4-2-3-5-13(12)19)18(25)15-8-16-14(23(11)15)6-7-26-16/h2-8H,9-10H2,1H3,(H,20,24). The lowest BCUT2D eigenvalue weighted by atomic mass is 10.2. The third-order valence-electron chi connectivity index (χ3n) is 4.19. The summed E-state index contributed by atoms with van der Waals surface area (Å²) in [7, 11) is 0. The first-order chi connectivity index (χ1) is 12.5. The summed E-state index contributed by atoms with van der Waals surface area (Å²) in [5, 5.41) is 6.81. The fourth-order valence-corrected chi connectivity index (χ4v) is 2.96. The van der Waals surface area contributed by atoms with Crippen molar-refractivity contribution in [3.8, 4) is 0 Å². The van der Waals surface area contributed by atoms with Crippen LogP contribution < -0.4 is 10.9 Å². The van der Waals surface area contributed by atoms with Gasteiger partial charge in [0, 0.05) is 24.2 Å². The normalized spacial score (nSPS) is 11.3. The molecule has 132 valence electrons. The molecule has 0 spiro atoms. The van der Waals surface area contributed by atoms with E-state index in [0.29, 0.717) is 22.5 Å². The molecule has 4 aromatic rings. The Balaban J connectivity index is 1.59. The molecule has 0 radical (unpaired) electrons. The second-order valence-electron chi connectivity index (χ2n) is 5.91. The SMILES string of the molecule is Cc1nn(CC(=O)NCc2ccccc2F)c(=O)c2cc3occc3n12. The topological polar surface area (TPSA) is 81.5 Å².